The number of carbonyl (C=O) groups excluding carboxylic acids is 1. The van der Waals surface area contributed by atoms with Crippen LogP contribution in [0.25, 0.3) is 10.9 Å². The maximum Gasteiger partial charge on any atom is 0.250 e. The van der Waals surface area contributed by atoms with Gasteiger partial charge in [-0.3, -0.25) is 9.78 Å². The molecule has 1 amide bonds. The highest BCUT2D eigenvalue weighted by molar-refractivity contribution is 6.07. The first-order chi connectivity index (χ1) is 10.3. The first kappa shape index (κ1) is 13.0. The zero-order chi connectivity index (χ0) is 14.7. The lowest BCUT2D eigenvalue weighted by molar-refractivity contribution is 0.100. The molecule has 3 aromatic rings. The van der Waals surface area contributed by atoms with E-state index in [1.165, 1.54) is 6.33 Å². The Labute approximate surface area is 121 Å². The van der Waals surface area contributed by atoms with E-state index in [4.69, 9.17) is 5.73 Å². The van der Waals surface area contributed by atoms with Crippen LogP contribution in [0.3, 0.4) is 0 Å². The number of anilines is 1. The van der Waals surface area contributed by atoms with Gasteiger partial charge in [-0.25, -0.2) is 9.97 Å². The van der Waals surface area contributed by atoms with Crippen molar-refractivity contribution in [1.29, 1.82) is 0 Å². The van der Waals surface area contributed by atoms with Crippen molar-refractivity contribution in [3.8, 4) is 0 Å². The minimum Gasteiger partial charge on any atom is -0.380 e. The fraction of sp³-hybridized carbons (Fsp3) is 0.0667. The van der Waals surface area contributed by atoms with Crippen molar-refractivity contribution in [3.05, 3.63) is 60.3 Å². The third-order valence-corrected chi connectivity index (χ3v) is 3.15. The van der Waals surface area contributed by atoms with Crippen molar-refractivity contribution in [1.82, 2.24) is 15.0 Å². The number of benzene rings is 1. The van der Waals surface area contributed by atoms with Gasteiger partial charge in [-0.2, -0.15) is 0 Å². The van der Waals surface area contributed by atoms with Crippen LogP contribution in [0.2, 0.25) is 0 Å². The van der Waals surface area contributed by atoms with E-state index in [1.54, 1.807) is 24.7 Å². The Morgan fingerprint density at radius 2 is 2.10 bits per heavy atom. The fourth-order valence-electron chi connectivity index (χ4n) is 2.13. The molecule has 0 aliphatic heterocycles. The summed E-state index contributed by atoms with van der Waals surface area (Å²) in [5.41, 5.74) is 8.21. The van der Waals surface area contributed by atoms with E-state index < -0.39 is 5.91 Å². The standard InChI is InChI=1S/C15H13N5O/c16-15(21)11-3-4-13(12-8-18-9-20-14(11)12)19-7-10-2-1-5-17-6-10/h1-6,8-9,19H,7H2,(H2,16,21). The molecule has 3 N–H and O–H groups in total. The summed E-state index contributed by atoms with van der Waals surface area (Å²) in [7, 11) is 0. The second-order valence-electron chi connectivity index (χ2n) is 4.52. The molecule has 2 heterocycles. The average molecular weight is 279 g/mol. The van der Waals surface area contributed by atoms with E-state index in [0.717, 1.165) is 16.6 Å². The number of hydrogen-bond acceptors (Lipinski definition) is 5. The highest BCUT2D eigenvalue weighted by atomic mass is 16.1. The SMILES string of the molecule is NC(=O)c1ccc(NCc2cccnc2)c2cncnc12. The minimum absolute atomic E-state index is 0.388. The van der Waals surface area contributed by atoms with E-state index in [0.29, 0.717) is 17.6 Å². The van der Waals surface area contributed by atoms with Crippen molar-refractivity contribution < 1.29 is 4.79 Å². The molecule has 0 fully saturated rings. The van der Waals surface area contributed by atoms with Gasteiger partial charge in [-0.05, 0) is 23.8 Å². The summed E-state index contributed by atoms with van der Waals surface area (Å²) in [4.78, 5) is 23.7. The third kappa shape index (κ3) is 2.64. The molecule has 0 spiro atoms. The van der Waals surface area contributed by atoms with Gasteiger partial charge in [0.1, 0.15) is 6.33 Å². The van der Waals surface area contributed by atoms with Crippen molar-refractivity contribution in [2.75, 3.05) is 5.32 Å². The van der Waals surface area contributed by atoms with Crippen molar-refractivity contribution >= 4 is 22.5 Å². The lowest BCUT2D eigenvalue weighted by atomic mass is 10.1. The molecule has 104 valence electrons. The molecular weight excluding hydrogens is 266 g/mol. The molecule has 0 aliphatic rings. The summed E-state index contributed by atoms with van der Waals surface area (Å²) >= 11 is 0. The molecule has 3 rings (SSSR count). The predicted molar refractivity (Wildman–Crippen MR) is 79.6 cm³/mol. The van der Waals surface area contributed by atoms with E-state index >= 15 is 0 Å². The number of hydrogen-bond donors (Lipinski definition) is 2. The summed E-state index contributed by atoms with van der Waals surface area (Å²) < 4.78 is 0. The maximum atomic E-state index is 11.4. The molecular formula is C15H13N5O. The number of rotatable bonds is 4. The number of fused-ring (bicyclic) bond motifs is 1. The number of primary amides is 1. The largest absolute Gasteiger partial charge is 0.380 e. The van der Waals surface area contributed by atoms with Gasteiger partial charge in [0.15, 0.2) is 0 Å². The van der Waals surface area contributed by atoms with Crippen LogP contribution in [-0.2, 0) is 6.54 Å². The van der Waals surface area contributed by atoms with Gasteiger partial charge in [0.25, 0.3) is 5.91 Å². The van der Waals surface area contributed by atoms with Crippen LogP contribution >= 0.6 is 0 Å². The van der Waals surface area contributed by atoms with Gasteiger partial charge in [0.2, 0.25) is 0 Å². The van der Waals surface area contributed by atoms with Crippen LogP contribution in [0.1, 0.15) is 15.9 Å². The highest BCUT2D eigenvalue weighted by Gasteiger charge is 2.11. The van der Waals surface area contributed by atoms with Crippen LogP contribution in [0, 0.1) is 0 Å². The zero-order valence-corrected chi connectivity index (χ0v) is 11.2. The summed E-state index contributed by atoms with van der Waals surface area (Å²) in [5.74, 6) is -0.502. The van der Waals surface area contributed by atoms with Gasteiger partial charge in [-0.1, -0.05) is 6.07 Å². The Hall–Kier alpha value is -3.02. The van der Waals surface area contributed by atoms with Crippen LogP contribution in [0.15, 0.2) is 49.2 Å². The van der Waals surface area contributed by atoms with Gasteiger partial charge in [0.05, 0.1) is 11.1 Å². The Kier molecular flexibility index (Phi) is 3.42. The number of aromatic nitrogens is 3. The number of amides is 1. The molecule has 21 heavy (non-hydrogen) atoms. The predicted octanol–water partition coefficient (Wildman–Crippen LogP) is 1.74. The molecule has 6 nitrogen and oxygen atoms in total. The topological polar surface area (TPSA) is 93.8 Å². The number of carbonyl (C=O) groups is 1. The second kappa shape index (κ2) is 5.54. The Bertz CT molecular complexity index is 788. The van der Waals surface area contributed by atoms with Crippen LogP contribution < -0.4 is 11.1 Å². The van der Waals surface area contributed by atoms with E-state index in [-0.39, 0.29) is 0 Å². The molecule has 2 aromatic heterocycles. The van der Waals surface area contributed by atoms with Crippen LogP contribution in [-0.4, -0.2) is 20.9 Å². The van der Waals surface area contributed by atoms with E-state index in [9.17, 15) is 4.79 Å². The highest BCUT2D eigenvalue weighted by Crippen LogP contribution is 2.24. The van der Waals surface area contributed by atoms with Crippen LogP contribution in [0.4, 0.5) is 5.69 Å². The summed E-state index contributed by atoms with van der Waals surface area (Å²) in [6, 6.07) is 7.34. The second-order valence-corrected chi connectivity index (χ2v) is 4.52. The summed E-state index contributed by atoms with van der Waals surface area (Å²) in [5, 5.41) is 4.06. The quantitative estimate of drug-likeness (QED) is 0.758. The Balaban J connectivity index is 1.96. The molecule has 0 aliphatic carbocycles. The molecule has 1 aromatic carbocycles. The molecule has 6 heteroatoms. The molecule has 0 saturated heterocycles. The summed E-state index contributed by atoms with van der Waals surface area (Å²) in [6.07, 6.45) is 6.60. The van der Waals surface area contributed by atoms with Gasteiger partial charge >= 0.3 is 0 Å². The maximum absolute atomic E-state index is 11.4. The average Bonchev–Trinajstić information content (AvgIpc) is 2.53. The van der Waals surface area contributed by atoms with Gasteiger partial charge in [0, 0.05) is 36.2 Å². The fourth-order valence-corrected chi connectivity index (χ4v) is 2.13. The number of pyridine rings is 1. The Morgan fingerprint density at radius 1 is 1.19 bits per heavy atom. The molecule has 0 saturated carbocycles. The number of nitrogens with zero attached hydrogens (tertiary/aromatic N) is 3. The summed E-state index contributed by atoms with van der Waals surface area (Å²) in [6.45, 7) is 0.619. The Morgan fingerprint density at radius 3 is 2.86 bits per heavy atom. The van der Waals surface area contributed by atoms with E-state index in [2.05, 4.69) is 20.3 Å². The first-order valence-electron chi connectivity index (χ1n) is 6.41. The van der Waals surface area contributed by atoms with Gasteiger partial charge < -0.3 is 11.1 Å². The molecule has 0 radical (unpaired) electrons. The van der Waals surface area contributed by atoms with Crippen molar-refractivity contribution in [3.63, 3.8) is 0 Å². The molecule has 0 unspecified atom stereocenters. The van der Waals surface area contributed by atoms with Gasteiger partial charge in [-0.15, -0.1) is 0 Å². The van der Waals surface area contributed by atoms with E-state index in [1.807, 2.05) is 18.2 Å². The van der Waals surface area contributed by atoms with Crippen LogP contribution in [0.5, 0.6) is 0 Å². The molecule has 0 bridgehead atoms. The van der Waals surface area contributed by atoms with Crippen molar-refractivity contribution in [2.45, 2.75) is 6.54 Å². The lowest BCUT2D eigenvalue weighted by Crippen LogP contribution is -2.12. The van der Waals surface area contributed by atoms with Crippen molar-refractivity contribution in [2.24, 2.45) is 5.73 Å². The molecule has 0 atom stereocenters. The zero-order valence-electron chi connectivity index (χ0n) is 11.2. The smallest absolute Gasteiger partial charge is 0.250 e. The minimum atomic E-state index is -0.502. The number of nitrogens with two attached hydrogens (primary N) is 1. The monoisotopic (exact) mass is 279 g/mol. The lowest BCUT2D eigenvalue weighted by Gasteiger charge is -2.10. The third-order valence-electron chi connectivity index (χ3n) is 3.15. The normalized spacial score (nSPS) is 10.5. The first-order valence-corrected chi connectivity index (χ1v) is 6.41. The number of nitrogens with one attached hydrogen (secondary N) is 1.